The monoisotopic (exact) mass is 328 g/mol. The largest absolute Gasteiger partial charge is 0.314 e. The highest BCUT2D eigenvalue weighted by atomic mass is 15.2. The Labute approximate surface area is 150 Å². The summed E-state index contributed by atoms with van der Waals surface area (Å²) in [5.41, 5.74) is 4.10. The van der Waals surface area contributed by atoms with Crippen LogP contribution in [0.25, 0.3) is 0 Å². The Kier molecular flexibility index (Phi) is 4.91. The second kappa shape index (κ2) is 7.64. The number of rotatable bonds is 4. The molecule has 25 heavy (non-hydrogen) atoms. The van der Waals surface area contributed by atoms with Crippen LogP contribution in [0, 0.1) is 0 Å². The summed E-state index contributed by atoms with van der Waals surface area (Å²) in [5, 5.41) is 3.58. The van der Waals surface area contributed by atoms with Crippen LogP contribution in [-0.4, -0.2) is 24.5 Å². The molecule has 4 rings (SSSR count). The Balaban J connectivity index is 1.77. The standard InChI is InChI=1S/C23H24N2/c1-4-10-19(11-5-1)22-18-24-16-17-25(22)23(20-12-6-2-7-13-20)21-14-8-3-9-15-21/h1-15,22-24H,16-18H2. The molecule has 3 aromatic carbocycles. The number of piperazine rings is 1. The van der Waals surface area contributed by atoms with Crippen LogP contribution < -0.4 is 5.32 Å². The molecule has 2 heteroatoms. The third-order valence-corrected chi connectivity index (χ3v) is 5.03. The molecule has 0 aromatic heterocycles. The van der Waals surface area contributed by atoms with E-state index in [4.69, 9.17) is 0 Å². The number of nitrogens with one attached hydrogen (secondary N) is 1. The van der Waals surface area contributed by atoms with Crippen LogP contribution in [0.5, 0.6) is 0 Å². The van der Waals surface area contributed by atoms with Crippen LogP contribution in [0.2, 0.25) is 0 Å². The molecule has 1 fully saturated rings. The van der Waals surface area contributed by atoms with Crippen molar-refractivity contribution in [2.75, 3.05) is 19.6 Å². The Morgan fingerprint density at radius 3 is 1.80 bits per heavy atom. The minimum Gasteiger partial charge on any atom is -0.314 e. The molecule has 0 amide bonds. The Morgan fingerprint density at radius 1 is 0.720 bits per heavy atom. The van der Waals surface area contributed by atoms with Crippen molar-refractivity contribution in [3.05, 3.63) is 108 Å². The van der Waals surface area contributed by atoms with Gasteiger partial charge in [0.2, 0.25) is 0 Å². The second-order valence-corrected chi connectivity index (χ2v) is 6.59. The van der Waals surface area contributed by atoms with E-state index < -0.39 is 0 Å². The molecule has 0 spiro atoms. The fourth-order valence-corrected chi connectivity index (χ4v) is 3.86. The molecule has 3 aromatic rings. The maximum absolute atomic E-state index is 3.58. The zero-order valence-electron chi connectivity index (χ0n) is 14.4. The minimum absolute atomic E-state index is 0.273. The molecule has 0 radical (unpaired) electrons. The average molecular weight is 328 g/mol. The summed E-state index contributed by atoms with van der Waals surface area (Å²) >= 11 is 0. The van der Waals surface area contributed by atoms with E-state index in [9.17, 15) is 0 Å². The number of benzene rings is 3. The maximum atomic E-state index is 3.58. The smallest absolute Gasteiger partial charge is 0.0608 e. The third kappa shape index (κ3) is 3.51. The molecule has 2 nitrogen and oxygen atoms in total. The third-order valence-electron chi connectivity index (χ3n) is 5.03. The van der Waals surface area contributed by atoms with Gasteiger partial charge in [-0.2, -0.15) is 0 Å². The molecule has 1 aliphatic rings. The lowest BCUT2D eigenvalue weighted by molar-refractivity contribution is 0.125. The fourth-order valence-electron chi connectivity index (χ4n) is 3.86. The van der Waals surface area contributed by atoms with Crippen molar-refractivity contribution >= 4 is 0 Å². The second-order valence-electron chi connectivity index (χ2n) is 6.59. The highest BCUT2D eigenvalue weighted by molar-refractivity contribution is 5.33. The lowest BCUT2D eigenvalue weighted by Gasteiger charge is -2.42. The number of hydrogen-bond acceptors (Lipinski definition) is 2. The van der Waals surface area contributed by atoms with Gasteiger partial charge in [0, 0.05) is 25.7 Å². The Hall–Kier alpha value is -2.42. The van der Waals surface area contributed by atoms with E-state index >= 15 is 0 Å². The van der Waals surface area contributed by atoms with Crippen molar-refractivity contribution in [3.8, 4) is 0 Å². The van der Waals surface area contributed by atoms with E-state index in [2.05, 4.69) is 101 Å². The first-order chi connectivity index (χ1) is 12.4. The molecule has 0 saturated carbocycles. The minimum atomic E-state index is 0.273. The van der Waals surface area contributed by atoms with Crippen molar-refractivity contribution in [2.24, 2.45) is 0 Å². The number of nitrogens with zero attached hydrogens (tertiary/aromatic N) is 1. The van der Waals surface area contributed by atoms with Crippen LogP contribution in [-0.2, 0) is 0 Å². The molecule has 1 unspecified atom stereocenters. The molecule has 126 valence electrons. The van der Waals surface area contributed by atoms with Gasteiger partial charge in [-0.05, 0) is 16.7 Å². The quantitative estimate of drug-likeness (QED) is 0.762. The molecule has 1 atom stereocenters. The molecular formula is C23H24N2. The first-order valence-corrected chi connectivity index (χ1v) is 9.05. The van der Waals surface area contributed by atoms with Gasteiger partial charge in [0.25, 0.3) is 0 Å². The summed E-state index contributed by atoms with van der Waals surface area (Å²) in [4.78, 5) is 2.65. The lowest BCUT2D eigenvalue weighted by atomic mass is 9.92. The van der Waals surface area contributed by atoms with Crippen LogP contribution in [0.1, 0.15) is 28.8 Å². The molecule has 1 heterocycles. The summed E-state index contributed by atoms with van der Waals surface area (Å²) < 4.78 is 0. The van der Waals surface area contributed by atoms with Crippen LogP contribution in [0.3, 0.4) is 0 Å². The first-order valence-electron chi connectivity index (χ1n) is 9.05. The average Bonchev–Trinajstić information content (AvgIpc) is 2.71. The van der Waals surface area contributed by atoms with E-state index in [0.29, 0.717) is 6.04 Å². The predicted molar refractivity (Wildman–Crippen MR) is 103 cm³/mol. The predicted octanol–water partition coefficient (Wildman–Crippen LogP) is 4.42. The van der Waals surface area contributed by atoms with Crippen molar-refractivity contribution in [3.63, 3.8) is 0 Å². The molecule has 1 N–H and O–H groups in total. The molecule has 1 aliphatic heterocycles. The highest BCUT2D eigenvalue weighted by Gasteiger charge is 2.31. The van der Waals surface area contributed by atoms with Gasteiger partial charge in [-0.15, -0.1) is 0 Å². The first kappa shape index (κ1) is 16.1. The summed E-state index contributed by atoms with van der Waals surface area (Å²) in [6.07, 6.45) is 0. The van der Waals surface area contributed by atoms with Gasteiger partial charge in [0.1, 0.15) is 0 Å². The van der Waals surface area contributed by atoms with Crippen molar-refractivity contribution in [1.29, 1.82) is 0 Å². The summed E-state index contributed by atoms with van der Waals surface area (Å²) in [6.45, 7) is 3.05. The van der Waals surface area contributed by atoms with E-state index in [-0.39, 0.29) is 6.04 Å². The SMILES string of the molecule is c1ccc(C2CNCCN2C(c2ccccc2)c2ccccc2)cc1. The van der Waals surface area contributed by atoms with Crippen molar-refractivity contribution < 1.29 is 0 Å². The lowest BCUT2D eigenvalue weighted by Crippen LogP contribution is -2.47. The van der Waals surface area contributed by atoms with Gasteiger partial charge in [-0.1, -0.05) is 91.0 Å². The van der Waals surface area contributed by atoms with Crippen molar-refractivity contribution in [1.82, 2.24) is 10.2 Å². The fraction of sp³-hybridized carbons (Fsp3) is 0.217. The van der Waals surface area contributed by atoms with E-state index in [0.717, 1.165) is 19.6 Å². The summed E-state index contributed by atoms with van der Waals surface area (Å²) in [6, 6.07) is 33.3. The summed E-state index contributed by atoms with van der Waals surface area (Å²) in [7, 11) is 0. The van der Waals surface area contributed by atoms with Gasteiger partial charge in [-0.25, -0.2) is 0 Å². The van der Waals surface area contributed by atoms with Gasteiger partial charge in [0.05, 0.1) is 6.04 Å². The van der Waals surface area contributed by atoms with Crippen LogP contribution in [0.15, 0.2) is 91.0 Å². The van der Waals surface area contributed by atoms with E-state index in [1.165, 1.54) is 16.7 Å². The Morgan fingerprint density at radius 2 is 1.24 bits per heavy atom. The normalized spacial score (nSPS) is 18.4. The molecule has 0 aliphatic carbocycles. The van der Waals surface area contributed by atoms with Gasteiger partial charge >= 0.3 is 0 Å². The van der Waals surface area contributed by atoms with Gasteiger partial charge in [0.15, 0.2) is 0 Å². The Bertz CT molecular complexity index is 731. The van der Waals surface area contributed by atoms with Crippen LogP contribution >= 0.6 is 0 Å². The maximum Gasteiger partial charge on any atom is 0.0608 e. The van der Waals surface area contributed by atoms with Gasteiger partial charge < -0.3 is 5.32 Å². The van der Waals surface area contributed by atoms with Crippen LogP contribution in [0.4, 0.5) is 0 Å². The highest BCUT2D eigenvalue weighted by Crippen LogP contribution is 2.36. The molecular weight excluding hydrogens is 304 g/mol. The van der Waals surface area contributed by atoms with E-state index in [1.807, 2.05) is 0 Å². The topological polar surface area (TPSA) is 15.3 Å². The zero-order valence-corrected chi connectivity index (χ0v) is 14.4. The summed E-state index contributed by atoms with van der Waals surface area (Å²) in [5.74, 6) is 0. The van der Waals surface area contributed by atoms with E-state index in [1.54, 1.807) is 0 Å². The molecule has 1 saturated heterocycles. The van der Waals surface area contributed by atoms with Crippen molar-refractivity contribution in [2.45, 2.75) is 12.1 Å². The van der Waals surface area contributed by atoms with Gasteiger partial charge in [-0.3, -0.25) is 4.90 Å². The zero-order chi connectivity index (χ0) is 16.9. The molecule has 0 bridgehead atoms. The number of hydrogen-bond donors (Lipinski definition) is 1.